The van der Waals surface area contributed by atoms with Gasteiger partial charge in [0.1, 0.15) is 77.4 Å². The minimum absolute atomic E-state index is 0.00149. The van der Waals surface area contributed by atoms with Gasteiger partial charge in [0.25, 0.3) is 0 Å². The topological polar surface area (TPSA) is 225 Å². The zero-order valence-corrected chi connectivity index (χ0v) is 21.8. The first-order valence-corrected chi connectivity index (χ1v) is 13.0. The summed E-state index contributed by atoms with van der Waals surface area (Å²) in [6, 6.07) is 8.51. The third kappa shape index (κ3) is 5.83. The minimum Gasteiger partial charge on any atom is -0.508 e. The molecular formula is C27H32O14. The Bertz CT molecular complexity index is 1240. The van der Waals surface area contributed by atoms with E-state index in [9.17, 15) is 45.6 Å². The standard InChI is InChI=1S/C27H32O14/c1-10-20(31)22(33)24(35)26(38-10)37-9-18-21(32)23(34)25(36)27(41-18)39-13-6-14(29)19-15(30)8-16(40-17(19)7-13)11-2-4-12(28)5-3-11/h2-7,10,16,18,20-29,31-36H,8-9H2,1H3/t10-,16-,18-,20-,21+,22+,23+,24+,25+,26+,27+/m0/s1. The molecule has 5 rings (SSSR count). The fourth-order valence-electron chi connectivity index (χ4n) is 4.98. The fourth-order valence-corrected chi connectivity index (χ4v) is 4.98. The van der Waals surface area contributed by atoms with Crippen molar-refractivity contribution in [3.05, 3.63) is 47.5 Å². The number of fused-ring (bicyclic) bond motifs is 1. The van der Waals surface area contributed by atoms with Gasteiger partial charge in [-0.1, -0.05) is 12.1 Å². The molecule has 0 bridgehead atoms. The molecule has 8 N–H and O–H groups in total. The van der Waals surface area contributed by atoms with Gasteiger partial charge in [0, 0.05) is 12.1 Å². The third-order valence-electron chi connectivity index (χ3n) is 7.39. The molecule has 0 spiro atoms. The van der Waals surface area contributed by atoms with Gasteiger partial charge in [-0.3, -0.25) is 4.79 Å². The molecule has 11 atom stereocenters. The molecule has 0 aliphatic carbocycles. The molecular weight excluding hydrogens is 548 g/mol. The molecule has 14 nitrogen and oxygen atoms in total. The number of hydrogen-bond acceptors (Lipinski definition) is 14. The first-order valence-electron chi connectivity index (χ1n) is 13.0. The van der Waals surface area contributed by atoms with Crippen LogP contribution in [0.15, 0.2) is 36.4 Å². The van der Waals surface area contributed by atoms with Gasteiger partial charge in [-0.2, -0.15) is 0 Å². The van der Waals surface area contributed by atoms with E-state index in [1.807, 2.05) is 0 Å². The molecule has 0 amide bonds. The minimum atomic E-state index is -1.76. The number of ketones is 1. The molecule has 2 aromatic rings. The van der Waals surface area contributed by atoms with Crippen LogP contribution in [-0.2, 0) is 14.2 Å². The second kappa shape index (κ2) is 11.7. The maximum Gasteiger partial charge on any atom is 0.229 e. The van der Waals surface area contributed by atoms with Crippen LogP contribution in [0.25, 0.3) is 0 Å². The summed E-state index contributed by atoms with van der Waals surface area (Å²) in [5, 5.41) is 81.5. The van der Waals surface area contributed by atoms with E-state index < -0.39 is 85.7 Å². The molecule has 2 fully saturated rings. The first kappa shape index (κ1) is 29.4. The number of carbonyl (C=O) groups is 1. The number of phenolic OH excluding ortho intramolecular Hbond substituents is 2. The molecule has 0 unspecified atom stereocenters. The number of Topliss-reactive ketones (excluding diaryl/α,β-unsaturated/α-hetero) is 1. The maximum absolute atomic E-state index is 12.8. The van der Waals surface area contributed by atoms with Crippen molar-refractivity contribution in [2.45, 2.75) is 80.9 Å². The number of ether oxygens (including phenoxy) is 5. The number of benzene rings is 2. The molecule has 2 saturated heterocycles. The number of aromatic hydroxyl groups is 2. The van der Waals surface area contributed by atoms with Crippen molar-refractivity contribution in [3.8, 4) is 23.0 Å². The molecule has 41 heavy (non-hydrogen) atoms. The molecule has 3 aliphatic heterocycles. The summed E-state index contributed by atoms with van der Waals surface area (Å²) in [5.41, 5.74) is 0.550. The lowest BCUT2D eigenvalue weighted by atomic mass is 9.95. The lowest BCUT2D eigenvalue weighted by Gasteiger charge is -2.42. The van der Waals surface area contributed by atoms with E-state index in [0.717, 1.165) is 6.07 Å². The number of phenols is 2. The van der Waals surface area contributed by atoms with Crippen LogP contribution in [0.1, 0.15) is 35.4 Å². The molecule has 0 saturated carbocycles. The second-order valence-corrected chi connectivity index (χ2v) is 10.3. The first-order chi connectivity index (χ1) is 19.4. The van der Waals surface area contributed by atoms with Crippen LogP contribution < -0.4 is 9.47 Å². The summed E-state index contributed by atoms with van der Waals surface area (Å²) in [6.07, 6.45) is -15.6. The van der Waals surface area contributed by atoms with Gasteiger partial charge in [-0.15, -0.1) is 0 Å². The van der Waals surface area contributed by atoms with Crippen LogP contribution in [0.3, 0.4) is 0 Å². The molecule has 2 aromatic carbocycles. The molecule has 0 aromatic heterocycles. The van der Waals surface area contributed by atoms with Crippen molar-refractivity contribution < 1.29 is 69.3 Å². The van der Waals surface area contributed by atoms with E-state index in [1.165, 1.54) is 25.1 Å². The monoisotopic (exact) mass is 580 g/mol. The maximum atomic E-state index is 12.8. The van der Waals surface area contributed by atoms with E-state index in [0.29, 0.717) is 5.56 Å². The SMILES string of the molecule is C[C@@H]1O[C@@H](OC[C@@H]2O[C@@H](Oc3cc(O)c4c(c3)O[C@H](c3ccc(O)cc3)CC4=O)[C@H](O)[C@H](O)[C@@H]2O)[C@H](O)[C@H](O)[C@H]1O. The lowest BCUT2D eigenvalue weighted by Crippen LogP contribution is -2.61. The van der Waals surface area contributed by atoms with Crippen LogP contribution in [-0.4, -0.2) is 115 Å². The summed E-state index contributed by atoms with van der Waals surface area (Å²) < 4.78 is 28.0. The molecule has 3 aliphatic rings. The fraction of sp³-hybridized carbons (Fsp3) is 0.519. The van der Waals surface area contributed by atoms with E-state index in [4.69, 9.17) is 23.7 Å². The highest BCUT2D eigenvalue weighted by molar-refractivity contribution is 6.02. The van der Waals surface area contributed by atoms with Gasteiger partial charge in [-0.25, -0.2) is 0 Å². The number of carbonyl (C=O) groups excluding carboxylic acids is 1. The smallest absolute Gasteiger partial charge is 0.229 e. The predicted octanol–water partition coefficient (Wildman–Crippen LogP) is -1.17. The zero-order chi connectivity index (χ0) is 29.6. The van der Waals surface area contributed by atoms with E-state index >= 15 is 0 Å². The van der Waals surface area contributed by atoms with Gasteiger partial charge >= 0.3 is 0 Å². The molecule has 224 valence electrons. The highest BCUT2D eigenvalue weighted by Crippen LogP contribution is 2.42. The van der Waals surface area contributed by atoms with Crippen molar-refractivity contribution in [2.75, 3.05) is 6.61 Å². The Kier molecular flexibility index (Phi) is 8.39. The van der Waals surface area contributed by atoms with Crippen LogP contribution in [0, 0.1) is 0 Å². The van der Waals surface area contributed by atoms with Gasteiger partial charge < -0.3 is 64.5 Å². The predicted molar refractivity (Wildman–Crippen MR) is 134 cm³/mol. The van der Waals surface area contributed by atoms with E-state index in [-0.39, 0.29) is 29.2 Å². The van der Waals surface area contributed by atoms with Gasteiger partial charge in [-0.05, 0) is 24.6 Å². The van der Waals surface area contributed by atoms with Crippen LogP contribution in [0.5, 0.6) is 23.0 Å². The van der Waals surface area contributed by atoms with Crippen molar-refractivity contribution in [1.82, 2.24) is 0 Å². The van der Waals surface area contributed by atoms with Crippen molar-refractivity contribution >= 4 is 5.78 Å². The summed E-state index contributed by atoms with van der Waals surface area (Å²) in [7, 11) is 0. The Morgan fingerprint density at radius 2 is 1.49 bits per heavy atom. The lowest BCUT2D eigenvalue weighted by molar-refractivity contribution is -0.318. The summed E-state index contributed by atoms with van der Waals surface area (Å²) >= 11 is 0. The Hall–Kier alpha value is -3.05. The highest BCUT2D eigenvalue weighted by atomic mass is 16.7. The molecule has 14 heteroatoms. The third-order valence-corrected chi connectivity index (χ3v) is 7.39. The van der Waals surface area contributed by atoms with Crippen molar-refractivity contribution in [3.63, 3.8) is 0 Å². The number of aliphatic hydroxyl groups is 6. The van der Waals surface area contributed by atoms with Crippen LogP contribution in [0.4, 0.5) is 0 Å². The summed E-state index contributed by atoms with van der Waals surface area (Å²) in [6.45, 7) is 0.980. The van der Waals surface area contributed by atoms with Gasteiger partial charge in [0.2, 0.25) is 6.29 Å². The van der Waals surface area contributed by atoms with Gasteiger partial charge in [0.05, 0.1) is 19.1 Å². The Balaban J connectivity index is 1.30. The highest BCUT2D eigenvalue weighted by Gasteiger charge is 2.47. The zero-order valence-electron chi connectivity index (χ0n) is 21.8. The van der Waals surface area contributed by atoms with Gasteiger partial charge in [0.15, 0.2) is 12.1 Å². The summed E-state index contributed by atoms with van der Waals surface area (Å²) in [5.74, 6) is -0.893. The van der Waals surface area contributed by atoms with Crippen LogP contribution in [0.2, 0.25) is 0 Å². The number of rotatable bonds is 6. The van der Waals surface area contributed by atoms with Crippen molar-refractivity contribution in [1.29, 1.82) is 0 Å². The number of hydrogen-bond donors (Lipinski definition) is 8. The summed E-state index contributed by atoms with van der Waals surface area (Å²) in [4.78, 5) is 12.8. The number of aliphatic hydroxyl groups excluding tert-OH is 6. The van der Waals surface area contributed by atoms with E-state index in [1.54, 1.807) is 12.1 Å². The molecule has 0 radical (unpaired) electrons. The normalized spacial score (nSPS) is 37.2. The van der Waals surface area contributed by atoms with Crippen LogP contribution >= 0.6 is 0 Å². The van der Waals surface area contributed by atoms with E-state index in [2.05, 4.69) is 0 Å². The average Bonchev–Trinajstić information content (AvgIpc) is 2.94. The second-order valence-electron chi connectivity index (χ2n) is 10.3. The molecule has 3 heterocycles. The average molecular weight is 581 g/mol. The largest absolute Gasteiger partial charge is 0.508 e. The quantitative estimate of drug-likeness (QED) is 0.202. The van der Waals surface area contributed by atoms with Crippen molar-refractivity contribution in [2.24, 2.45) is 0 Å². The Morgan fingerprint density at radius 3 is 2.20 bits per heavy atom. The Labute approximate surface area is 233 Å². The Morgan fingerprint density at radius 1 is 0.829 bits per heavy atom.